The number of phosphoric acid groups is 1. The number of ether oxygens (including phenoxy) is 1. The van der Waals surface area contributed by atoms with Crippen LogP contribution in [0.2, 0.25) is 0 Å². The maximum Gasteiger partial charge on any atom is 0.469 e. The van der Waals surface area contributed by atoms with Gasteiger partial charge in [0, 0.05) is 0 Å². The molecule has 0 spiro atoms. The first-order valence-electron chi connectivity index (χ1n) is 7.42. The molecule has 4 unspecified atom stereocenters. The number of hydrogen-bond donors (Lipinski definition) is 5. The number of hydrogen-bond acceptors (Lipinski definition) is 9. The lowest BCUT2D eigenvalue weighted by Crippen LogP contribution is -2.40. The van der Waals surface area contributed by atoms with E-state index in [1.807, 2.05) is 0 Å². The van der Waals surface area contributed by atoms with Crippen LogP contribution in [-0.4, -0.2) is 59.4 Å². The monoisotopic (exact) mass is 394 g/mol. The van der Waals surface area contributed by atoms with E-state index in [9.17, 15) is 14.1 Å². The van der Waals surface area contributed by atoms with Crippen molar-refractivity contribution < 1.29 is 33.1 Å². The van der Waals surface area contributed by atoms with E-state index in [0.29, 0.717) is 0 Å². The van der Waals surface area contributed by atoms with Crippen molar-refractivity contribution in [2.75, 3.05) is 18.1 Å². The topological polar surface area (TPSA) is 192 Å². The van der Waals surface area contributed by atoms with Crippen molar-refractivity contribution in [3.8, 4) is 0 Å². The van der Waals surface area contributed by atoms with Crippen molar-refractivity contribution >= 4 is 30.8 Å². The van der Waals surface area contributed by atoms with Gasteiger partial charge in [0.05, 0.1) is 12.9 Å². The Morgan fingerprint density at radius 1 is 1.35 bits per heavy atom. The summed E-state index contributed by atoms with van der Waals surface area (Å²) in [5.74, 6) is -0.0417. The van der Waals surface area contributed by atoms with Crippen molar-refractivity contribution in [2.45, 2.75) is 38.5 Å². The number of aromatic nitrogens is 4. The molecule has 26 heavy (non-hydrogen) atoms. The quantitative estimate of drug-likeness (QED) is 0.370. The highest BCUT2D eigenvalue weighted by molar-refractivity contribution is 7.46. The molecule has 146 valence electrons. The first-order valence-corrected chi connectivity index (χ1v) is 8.96. The standard InChI is InChI=1S/C12H20FN6O6P/c1-5(13)9(20)7(3-24-26(21,22)23)25-6(2)19-4-16-8-10(14)17-12(15)18-11(8)19/h4-7,9,20H,3H2,1-2H3,(H2,21,22,23)(H4,14,15,17,18). The van der Waals surface area contributed by atoms with Crippen LogP contribution in [-0.2, 0) is 13.8 Å². The molecule has 0 saturated heterocycles. The number of fused-ring (bicyclic) bond motifs is 1. The number of anilines is 2. The van der Waals surface area contributed by atoms with Gasteiger partial charge in [-0.2, -0.15) is 9.97 Å². The lowest BCUT2D eigenvalue weighted by Gasteiger charge is -2.27. The lowest BCUT2D eigenvalue weighted by atomic mass is 10.1. The molecule has 0 aliphatic carbocycles. The van der Waals surface area contributed by atoms with Crippen molar-refractivity contribution in [1.29, 1.82) is 0 Å². The van der Waals surface area contributed by atoms with Crippen LogP contribution in [0.1, 0.15) is 20.1 Å². The fourth-order valence-electron chi connectivity index (χ4n) is 2.23. The molecule has 4 atom stereocenters. The van der Waals surface area contributed by atoms with Gasteiger partial charge in [0.15, 0.2) is 11.5 Å². The summed E-state index contributed by atoms with van der Waals surface area (Å²) >= 11 is 0. The molecule has 2 rings (SSSR count). The number of aliphatic hydroxyl groups is 1. The summed E-state index contributed by atoms with van der Waals surface area (Å²) in [6.45, 7) is 1.86. The normalized spacial score (nSPS) is 17.2. The summed E-state index contributed by atoms with van der Waals surface area (Å²) in [5, 5.41) is 9.91. The average molecular weight is 394 g/mol. The average Bonchev–Trinajstić information content (AvgIpc) is 2.93. The number of nitrogen functional groups attached to an aromatic ring is 2. The maximum atomic E-state index is 13.5. The molecule has 14 heteroatoms. The zero-order chi connectivity index (χ0) is 19.6. The number of imidazole rings is 1. The lowest BCUT2D eigenvalue weighted by molar-refractivity contribution is -0.129. The molecule has 0 saturated carbocycles. The molecule has 0 amide bonds. The zero-order valence-electron chi connectivity index (χ0n) is 13.9. The van der Waals surface area contributed by atoms with E-state index >= 15 is 0 Å². The predicted octanol–water partition coefficient (Wildman–Crippen LogP) is -0.277. The molecule has 0 bridgehead atoms. The number of rotatable bonds is 8. The fraction of sp³-hybridized carbons (Fsp3) is 0.583. The van der Waals surface area contributed by atoms with Crippen LogP contribution in [0, 0.1) is 0 Å². The van der Waals surface area contributed by atoms with E-state index in [1.165, 1.54) is 17.8 Å². The van der Waals surface area contributed by atoms with Gasteiger partial charge >= 0.3 is 7.82 Å². The number of halogens is 1. The second-order valence-electron chi connectivity index (χ2n) is 5.52. The third kappa shape index (κ3) is 4.84. The molecule has 7 N–H and O–H groups in total. The van der Waals surface area contributed by atoms with Gasteiger partial charge in [-0.3, -0.25) is 9.09 Å². The molecule has 0 aliphatic rings. The molecule has 2 heterocycles. The SMILES string of the molecule is CC(F)C(O)C(COP(=O)(O)O)OC(C)n1cnc2c(N)nc(N)nc21. The Hall–Kier alpha value is -1.89. The van der Waals surface area contributed by atoms with Gasteiger partial charge in [0.25, 0.3) is 0 Å². The van der Waals surface area contributed by atoms with Crippen molar-refractivity contribution in [3.05, 3.63) is 6.33 Å². The zero-order valence-corrected chi connectivity index (χ0v) is 14.8. The summed E-state index contributed by atoms with van der Waals surface area (Å²) in [7, 11) is -4.83. The van der Waals surface area contributed by atoms with Crippen LogP contribution in [0.4, 0.5) is 16.2 Å². The fourth-order valence-corrected chi connectivity index (χ4v) is 2.57. The highest BCUT2D eigenvalue weighted by atomic mass is 31.2. The summed E-state index contributed by atoms with van der Waals surface area (Å²) in [6, 6.07) is 0. The molecular weight excluding hydrogens is 374 g/mol. The van der Waals surface area contributed by atoms with Crippen LogP contribution in [0.3, 0.4) is 0 Å². The second-order valence-corrected chi connectivity index (χ2v) is 6.76. The molecule has 0 aromatic carbocycles. The van der Waals surface area contributed by atoms with Gasteiger partial charge in [-0.15, -0.1) is 0 Å². The minimum Gasteiger partial charge on any atom is -0.387 e. The Morgan fingerprint density at radius 3 is 2.58 bits per heavy atom. The molecule has 0 radical (unpaired) electrons. The highest BCUT2D eigenvalue weighted by Crippen LogP contribution is 2.36. The van der Waals surface area contributed by atoms with E-state index in [-0.39, 0.29) is 22.9 Å². The predicted molar refractivity (Wildman–Crippen MR) is 88.3 cm³/mol. The second kappa shape index (κ2) is 7.78. The van der Waals surface area contributed by atoms with Crippen molar-refractivity contribution in [2.24, 2.45) is 0 Å². The van der Waals surface area contributed by atoms with Crippen LogP contribution >= 0.6 is 7.82 Å². The Morgan fingerprint density at radius 2 is 2.00 bits per heavy atom. The molecular formula is C12H20FN6O6P. The van der Waals surface area contributed by atoms with Crippen molar-refractivity contribution in [1.82, 2.24) is 19.5 Å². The maximum absolute atomic E-state index is 13.5. The summed E-state index contributed by atoms with van der Waals surface area (Å²) in [5.41, 5.74) is 11.8. The smallest absolute Gasteiger partial charge is 0.387 e. The molecule has 2 aromatic heterocycles. The van der Waals surface area contributed by atoms with Crippen LogP contribution in [0.25, 0.3) is 11.2 Å². The first-order chi connectivity index (χ1) is 12.0. The minimum absolute atomic E-state index is 0.0530. The van der Waals surface area contributed by atoms with E-state index in [1.54, 1.807) is 0 Å². The third-order valence-electron chi connectivity index (χ3n) is 3.49. The summed E-state index contributed by atoms with van der Waals surface area (Å²) in [6.07, 6.45) is -4.37. The van der Waals surface area contributed by atoms with Gasteiger partial charge in [-0.05, 0) is 13.8 Å². The van der Waals surface area contributed by atoms with Crippen LogP contribution in [0.15, 0.2) is 6.33 Å². The Labute approximate surface area is 147 Å². The summed E-state index contributed by atoms with van der Waals surface area (Å²) < 4.78 is 35.6. The van der Waals surface area contributed by atoms with E-state index in [4.69, 9.17) is 26.0 Å². The van der Waals surface area contributed by atoms with E-state index < -0.39 is 39.0 Å². The third-order valence-corrected chi connectivity index (χ3v) is 3.97. The van der Waals surface area contributed by atoms with E-state index in [2.05, 4.69) is 19.5 Å². The number of phosphoric ester groups is 1. The van der Waals surface area contributed by atoms with E-state index in [0.717, 1.165) is 6.92 Å². The van der Waals surface area contributed by atoms with Gasteiger partial charge in [0.1, 0.15) is 30.1 Å². The van der Waals surface area contributed by atoms with Gasteiger partial charge in [0.2, 0.25) is 5.95 Å². The summed E-state index contributed by atoms with van der Waals surface area (Å²) in [4.78, 5) is 29.4. The van der Waals surface area contributed by atoms with Gasteiger partial charge < -0.3 is 31.1 Å². The number of alkyl halides is 1. The van der Waals surface area contributed by atoms with Crippen molar-refractivity contribution in [3.63, 3.8) is 0 Å². The van der Waals surface area contributed by atoms with Crippen LogP contribution in [0.5, 0.6) is 0 Å². The Balaban J connectivity index is 2.26. The highest BCUT2D eigenvalue weighted by Gasteiger charge is 2.31. The van der Waals surface area contributed by atoms with Gasteiger partial charge in [-0.1, -0.05) is 0 Å². The minimum atomic E-state index is -4.83. The Bertz CT molecular complexity index is 813. The molecule has 0 aliphatic heterocycles. The number of aliphatic hydroxyl groups excluding tert-OH is 1. The Kier molecular flexibility index (Phi) is 6.11. The first kappa shape index (κ1) is 20.4. The number of nitrogens with two attached hydrogens (primary N) is 2. The van der Waals surface area contributed by atoms with Crippen LogP contribution < -0.4 is 11.5 Å². The molecule has 0 fully saturated rings. The molecule has 12 nitrogen and oxygen atoms in total. The number of nitrogens with zero attached hydrogens (tertiary/aromatic N) is 4. The largest absolute Gasteiger partial charge is 0.469 e. The molecule has 2 aromatic rings. The van der Waals surface area contributed by atoms with Gasteiger partial charge in [-0.25, -0.2) is 13.9 Å².